The number of primary sulfonamides is 1. The molecule has 0 radical (unpaired) electrons. The molecule has 1 aromatic heterocycles. The highest BCUT2D eigenvalue weighted by Crippen LogP contribution is 2.29. The van der Waals surface area contributed by atoms with E-state index in [1.807, 2.05) is 0 Å². The van der Waals surface area contributed by atoms with E-state index in [0.29, 0.717) is 6.20 Å². The standard InChI is InChI=1S/C6H4ClF3N2O2S/c7-2-1-12-4(6(9)10)5(3(2)8)15(11,13)14/h1,6H,(H2,11,13,14). The summed E-state index contributed by atoms with van der Waals surface area (Å²) in [5.74, 6) is -1.52. The number of hydrogen-bond acceptors (Lipinski definition) is 3. The lowest BCUT2D eigenvalue weighted by molar-refractivity contribution is 0.141. The quantitative estimate of drug-likeness (QED) is 0.875. The third-order valence-corrected chi connectivity index (χ3v) is 2.67. The first-order chi connectivity index (χ1) is 6.75. The Labute approximate surface area is 87.9 Å². The average Bonchev–Trinajstić information content (AvgIpc) is 2.06. The molecule has 2 N–H and O–H groups in total. The van der Waals surface area contributed by atoms with Crippen LogP contribution in [0.4, 0.5) is 13.2 Å². The predicted molar refractivity (Wildman–Crippen MR) is 45.5 cm³/mol. The normalized spacial score (nSPS) is 12.1. The second-order valence-corrected chi connectivity index (χ2v) is 4.39. The summed E-state index contributed by atoms with van der Waals surface area (Å²) in [6.07, 6.45) is -2.67. The number of alkyl halides is 2. The maximum atomic E-state index is 13.2. The van der Waals surface area contributed by atoms with Crippen LogP contribution < -0.4 is 5.14 Å². The Kier molecular flexibility index (Phi) is 3.22. The summed E-state index contributed by atoms with van der Waals surface area (Å²) in [4.78, 5) is 1.65. The van der Waals surface area contributed by atoms with E-state index in [1.165, 1.54) is 0 Å². The summed E-state index contributed by atoms with van der Waals surface area (Å²) >= 11 is 5.19. The van der Waals surface area contributed by atoms with Crippen molar-refractivity contribution < 1.29 is 21.6 Å². The van der Waals surface area contributed by atoms with Crippen LogP contribution in [0.2, 0.25) is 5.02 Å². The molecule has 0 bridgehead atoms. The molecule has 0 spiro atoms. The molecular formula is C6H4ClF3N2O2S. The van der Waals surface area contributed by atoms with E-state index in [-0.39, 0.29) is 0 Å². The zero-order chi connectivity index (χ0) is 11.8. The average molecular weight is 261 g/mol. The molecule has 1 rings (SSSR count). The molecule has 0 aliphatic heterocycles. The van der Waals surface area contributed by atoms with E-state index in [1.54, 1.807) is 0 Å². The Morgan fingerprint density at radius 3 is 2.40 bits per heavy atom. The Bertz CT molecular complexity index is 491. The fraction of sp³-hybridized carbons (Fsp3) is 0.167. The summed E-state index contributed by atoms with van der Waals surface area (Å²) in [6, 6.07) is 0. The number of pyridine rings is 1. The van der Waals surface area contributed by atoms with Crippen molar-refractivity contribution in [3.05, 3.63) is 22.7 Å². The van der Waals surface area contributed by atoms with E-state index in [4.69, 9.17) is 11.6 Å². The minimum atomic E-state index is -4.63. The third kappa shape index (κ3) is 2.39. The zero-order valence-electron chi connectivity index (χ0n) is 6.92. The molecule has 0 aromatic carbocycles. The van der Waals surface area contributed by atoms with Crippen LogP contribution in [0.5, 0.6) is 0 Å². The van der Waals surface area contributed by atoms with Gasteiger partial charge in [0.2, 0.25) is 10.0 Å². The van der Waals surface area contributed by atoms with Crippen LogP contribution in [0.25, 0.3) is 0 Å². The maximum absolute atomic E-state index is 13.2. The van der Waals surface area contributed by atoms with E-state index >= 15 is 0 Å². The summed E-state index contributed by atoms with van der Waals surface area (Å²) < 4.78 is 59.4. The van der Waals surface area contributed by atoms with E-state index in [2.05, 4.69) is 10.1 Å². The Morgan fingerprint density at radius 1 is 1.47 bits per heavy atom. The second-order valence-electron chi connectivity index (χ2n) is 2.48. The molecule has 0 aliphatic rings. The van der Waals surface area contributed by atoms with Gasteiger partial charge >= 0.3 is 0 Å². The molecule has 15 heavy (non-hydrogen) atoms. The summed E-state index contributed by atoms with van der Waals surface area (Å²) in [7, 11) is -4.63. The lowest BCUT2D eigenvalue weighted by Crippen LogP contribution is -2.18. The van der Waals surface area contributed by atoms with Crippen molar-refractivity contribution in [3.8, 4) is 0 Å². The van der Waals surface area contributed by atoms with Crippen LogP contribution in [0.1, 0.15) is 12.1 Å². The van der Waals surface area contributed by atoms with Gasteiger partial charge < -0.3 is 0 Å². The fourth-order valence-electron chi connectivity index (χ4n) is 0.889. The molecule has 1 aromatic rings. The van der Waals surface area contributed by atoms with Gasteiger partial charge in [0.05, 0.1) is 5.02 Å². The van der Waals surface area contributed by atoms with Crippen molar-refractivity contribution in [1.82, 2.24) is 4.98 Å². The van der Waals surface area contributed by atoms with Gasteiger partial charge in [-0.25, -0.2) is 26.7 Å². The molecule has 0 fully saturated rings. The Morgan fingerprint density at radius 2 is 2.00 bits per heavy atom. The van der Waals surface area contributed by atoms with Crippen LogP contribution in [-0.2, 0) is 10.0 Å². The van der Waals surface area contributed by atoms with Crippen molar-refractivity contribution in [2.24, 2.45) is 5.14 Å². The molecule has 0 aliphatic carbocycles. The number of halogens is 4. The third-order valence-electron chi connectivity index (χ3n) is 1.45. The monoisotopic (exact) mass is 260 g/mol. The van der Waals surface area contributed by atoms with Gasteiger partial charge in [-0.15, -0.1) is 0 Å². The van der Waals surface area contributed by atoms with Crippen LogP contribution in [0, 0.1) is 5.82 Å². The Balaban J connectivity index is 3.65. The van der Waals surface area contributed by atoms with Gasteiger partial charge in [0.1, 0.15) is 10.6 Å². The van der Waals surface area contributed by atoms with E-state index in [9.17, 15) is 21.6 Å². The summed E-state index contributed by atoms with van der Waals surface area (Å²) in [5, 5.41) is 3.87. The van der Waals surface area contributed by atoms with Crippen molar-refractivity contribution in [1.29, 1.82) is 0 Å². The van der Waals surface area contributed by atoms with Gasteiger partial charge in [0.15, 0.2) is 5.82 Å². The molecule has 9 heteroatoms. The number of hydrogen-bond donors (Lipinski definition) is 1. The van der Waals surface area contributed by atoms with Crippen LogP contribution >= 0.6 is 11.6 Å². The van der Waals surface area contributed by atoms with Crippen molar-refractivity contribution in [2.75, 3.05) is 0 Å². The molecule has 0 saturated heterocycles. The van der Waals surface area contributed by atoms with Gasteiger partial charge in [0.25, 0.3) is 6.43 Å². The molecule has 1 heterocycles. The molecule has 4 nitrogen and oxygen atoms in total. The lowest BCUT2D eigenvalue weighted by atomic mass is 10.3. The highest BCUT2D eigenvalue weighted by atomic mass is 35.5. The maximum Gasteiger partial charge on any atom is 0.281 e. The van der Waals surface area contributed by atoms with Crippen molar-refractivity contribution in [2.45, 2.75) is 11.3 Å². The van der Waals surface area contributed by atoms with Crippen LogP contribution in [0.3, 0.4) is 0 Å². The number of nitrogens with zero attached hydrogens (tertiary/aromatic N) is 1. The number of sulfonamides is 1. The number of rotatable bonds is 2. The topological polar surface area (TPSA) is 73.1 Å². The Hall–Kier alpha value is -0.860. The molecule has 0 atom stereocenters. The lowest BCUT2D eigenvalue weighted by Gasteiger charge is -2.07. The first kappa shape index (κ1) is 12.2. The zero-order valence-corrected chi connectivity index (χ0v) is 8.49. The highest BCUT2D eigenvalue weighted by molar-refractivity contribution is 7.89. The van der Waals surface area contributed by atoms with Crippen LogP contribution in [-0.4, -0.2) is 13.4 Å². The van der Waals surface area contributed by atoms with Crippen molar-refractivity contribution in [3.63, 3.8) is 0 Å². The minimum Gasteiger partial charge on any atom is -0.252 e. The first-order valence-electron chi connectivity index (χ1n) is 3.40. The number of nitrogens with two attached hydrogens (primary N) is 1. The largest absolute Gasteiger partial charge is 0.281 e. The van der Waals surface area contributed by atoms with Gasteiger partial charge in [-0.3, -0.25) is 4.98 Å². The molecular weight excluding hydrogens is 257 g/mol. The number of aromatic nitrogens is 1. The van der Waals surface area contributed by atoms with E-state index < -0.39 is 37.9 Å². The molecule has 0 unspecified atom stereocenters. The summed E-state index contributed by atoms with van der Waals surface area (Å²) in [5.41, 5.74) is -1.25. The fourth-order valence-corrected chi connectivity index (χ4v) is 1.88. The van der Waals surface area contributed by atoms with Gasteiger partial charge in [-0.2, -0.15) is 0 Å². The van der Waals surface area contributed by atoms with E-state index in [0.717, 1.165) is 0 Å². The van der Waals surface area contributed by atoms with Crippen molar-refractivity contribution >= 4 is 21.6 Å². The van der Waals surface area contributed by atoms with Gasteiger partial charge in [-0.1, -0.05) is 11.6 Å². The minimum absolute atomic E-state index is 0.590. The highest BCUT2D eigenvalue weighted by Gasteiger charge is 2.28. The second kappa shape index (κ2) is 3.95. The molecule has 84 valence electrons. The molecule has 0 amide bonds. The summed E-state index contributed by atoms with van der Waals surface area (Å²) in [6.45, 7) is 0. The smallest absolute Gasteiger partial charge is 0.252 e. The molecule has 0 saturated carbocycles. The van der Waals surface area contributed by atoms with Gasteiger partial charge in [-0.05, 0) is 0 Å². The predicted octanol–water partition coefficient (Wildman–Crippen LogP) is 1.46. The SMILES string of the molecule is NS(=O)(=O)c1c(C(F)F)ncc(Cl)c1F. The first-order valence-corrected chi connectivity index (χ1v) is 5.32. The van der Waals surface area contributed by atoms with Crippen LogP contribution in [0.15, 0.2) is 11.1 Å². The van der Waals surface area contributed by atoms with Gasteiger partial charge in [0, 0.05) is 6.20 Å².